The van der Waals surface area contributed by atoms with Crippen LogP contribution in [0.1, 0.15) is 45.2 Å². The van der Waals surface area contributed by atoms with E-state index >= 15 is 0 Å². The van der Waals surface area contributed by atoms with Gasteiger partial charge in [0.25, 0.3) is 0 Å². The van der Waals surface area contributed by atoms with Gasteiger partial charge in [0.1, 0.15) is 5.75 Å². The fourth-order valence-corrected chi connectivity index (χ4v) is 1.92. The second kappa shape index (κ2) is 6.92. The molecule has 1 atom stereocenters. The van der Waals surface area contributed by atoms with Crippen LogP contribution < -0.4 is 10.5 Å². The molecule has 0 bridgehead atoms. The number of aryl methyl sites for hydroxylation is 1. The Hall–Kier alpha value is -1.06. The maximum atomic E-state index is 8.90. The zero-order chi connectivity index (χ0) is 14.5. The minimum Gasteiger partial charge on any atom is -0.493 e. The van der Waals surface area contributed by atoms with Crippen LogP contribution >= 0.6 is 0 Å². The lowest BCUT2D eigenvalue weighted by Crippen LogP contribution is -2.26. The van der Waals surface area contributed by atoms with Crippen molar-refractivity contribution in [2.75, 3.05) is 13.2 Å². The van der Waals surface area contributed by atoms with Crippen LogP contribution in [-0.4, -0.2) is 24.4 Å². The lowest BCUT2D eigenvalue weighted by atomic mass is 9.85. The van der Waals surface area contributed by atoms with E-state index in [9.17, 15) is 0 Å². The van der Waals surface area contributed by atoms with Gasteiger partial charge in [-0.15, -0.1) is 0 Å². The topological polar surface area (TPSA) is 55.5 Å². The van der Waals surface area contributed by atoms with Crippen molar-refractivity contribution in [2.24, 2.45) is 5.73 Å². The van der Waals surface area contributed by atoms with Crippen molar-refractivity contribution in [3.05, 3.63) is 29.3 Å². The summed E-state index contributed by atoms with van der Waals surface area (Å²) >= 11 is 0. The van der Waals surface area contributed by atoms with Crippen molar-refractivity contribution < 1.29 is 9.84 Å². The molecule has 0 saturated heterocycles. The van der Waals surface area contributed by atoms with Gasteiger partial charge >= 0.3 is 0 Å². The first-order chi connectivity index (χ1) is 8.88. The molecule has 3 N–H and O–H groups in total. The molecule has 108 valence electrons. The third-order valence-corrected chi connectivity index (χ3v) is 3.24. The van der Waals surface area contributed by atoms with Crippen molar-refractivity contribution >= 4 is 0 Å². The predicted octanol–water partition coefficient (Wildman–Crippen LogP) is 2.64. The number of ether oxygens (including phenoxy) is 1. The first kappa shape index (κ1) is 16.0. The summed E-state index contributed by atoms with van der Waals surface area (Å²) < 4.78 is 5.84. The molecule has 1 rings (SSSR count). The molecule has 0 saturated carbocycles. The molecule has 0 aliphatic rings. The summed E-state index contributed by atoms with van der Waals surface area (Å²) in [4.78, 5) is 0. The van der Waals surface area contributed by atoms with Crippen LogP contribution in [0.3, 0.4) is 0 Å². The number of hydrogen-bond acceptors (Lipinski definition) is 3. The molecule has 0 amide bonds. The van der Waals surface area contributed by atoms with Gasteiger partial charge in [-0.05, 0) is 35.4 Å². The summed E-state index contributed by atoms with van der Waals surface area (Å²) in [6, 6.07) is 6.18. The summed E-state index contributed by atoms with van der Waals surface area (Å²) in [7, 11) is 0. The van der Waals surface area contributed by atoms with E-state index in [4.69, 9.17) is 15.6 Å². The van der Waals surface area contributed by atoms with E-state index in [0.29, 0.717) is 13.0 Å². The van der Waals surface area contributed by atoms with Gasteiger partial charge in [0, 0.05) is 6.04 Å². The standard InChI is InChI=1S/C16H27NO2/c1-5-12-6-7-15(14(10-12)16(2,3)4)19-9-8-13(17)11-18/h6-7,10,13,18H,5,8-9,11,17H2,1-4H3. The Labute approximate surface area is 116 Å². The van der Waals surface area contributed by atoms with E-state index < -0.39 is 0 Å². The van der Waals surface area contributed by atoms with Crippen LogP contribution in [0.4, 0.5) is 0 Å². The zero-order valence-corrected chi connectivity index (χ0v) is 12.6. The van der Waals surface area contributed by atoms with Crippen LogP contribution in [-0.2, 0) is 11.8 Å². The Kier molecular flexibility index (Phi) is 5.83. The predicted molar refractivity (Wildman–Crippen MR) is 79.7 cm³/mol. The SMILES string of the molecule is CCc1ccc(OCCC(N)CO)c(C(C)(C)C)c1. The van der Waals surface area contributed by atoms with Gasteiger partial charge < -0.3 is 15.6 Å². The molecular formula is C16H27NO2. The minimum atomic E-state index is -0.201. The van der Waals surface area contributed by atoms with Gasteiger partial charge in [-0.1, -0.05) is 39.8 Å². The smallest absolute Gasteiger partial charge is 0.123 e. The van der Waals surface area contributed by atoms with Crippen LogP contribution in [0.25, 0.3) is 0 Å². The minimum absolute atomic E-state index is 0.00423. The lowest BCUT2D eigenvalue weighted by molar-refractivity contribution is 0.228. The van der Waals surface area contributed by atoms with E-state index in [-0.39, 0.29) is 18.1 Å². The van der Waals surface area contributed by atoms with E-state index in [2.05, 4.69) is 39.8 Å². The maximum Gasteiger partial charge on any atom is 0.123 e. The Morgan fingerprint density at radius 3 is 2.53 bits per heavy atom. The first-order valence-electron chi connectivity index (χ1n) is 7.01. The summed E-state index contributed by atoms with van der Waals surface area (Å²) in [6.45, 7) is 9.26. The van der Waals surface area contributed by atoms with Crippen molar-refractivity contribution in [1.82, 2.24) is 0 Å². The Morgan fingerprint density at radius 1 is 1.32 bits per heavy atom. The second-order valence-corrected chi connectivity index (χ2v) is 6.01. The Morgan fingerprint density at radius 2 is 2.00 bits per heavy atom. The van der Waals surface area contributed by atoms with Gasteiger partial charge in [-0.2, -0.15) is 0 Å². The first-order valence-corrected chi connectivity index (χ1v) is 7.01. The zero-order valence-electron chi connectivity index (χ0n) is 12.6. The van der Waals surface area contributed by atoms with Crippen molar-refractivity contribution in [2.45, 2.75) is 52.0 Å². The van der Waals surface area contributed by atoms with Crippen LogP contribution in [0, 0.1) is 0 Å². The Bertz CT molecular complexity index is 396. The molecule has 1 aromatic rings. The van der Waals surface area contributed by atoms with Gasteiger partial charge in [0.15, 0.2) is 0 Å². The average Bonchev–Trinajstić information content (AvgIpc) is 2.37. The fraction of sp³-hybridized carbons (Fsp3) is 0.625. The molecule has 0 spiro atoms. The number of nitrogens with two attached hydrogens (primary N) is 1. The molecule has 1 unspecified atom stereocenters. The summed E-state index contributed by atoms with van der Waals surface area (Å²) in [5.74, 6) is 0.926. The second-order valence-electron chi connectivity index (χ2n) is 6.01. The molecule has 19 heavy (non-hydrogen) atoms. The van der Waals surface area contributed by atoms with E-state index in [1.54, 1.807) is 0 Å². The molecule has 0 radical (unpaired) electrons. The molecule has 0 aliphatic carbocycles. The van der Waals surface area contributed by atoms with E-state index in [0.717, 1.165) is 12.2 Å². The van der Waals surface area contributed by atoms with Crippen LogP contribution in [0.15, 0.2) is 18.2 Å². The molecule has 0 aromatic heterocycles. The van der Waals surface area contributed by atoms with Crippen molar-refractivity contribution in [1.29, 1.82) is 0 Å². The van der Waals surface area contributed by atoms with Gasteiger partial charge in [-0.25, -0.2) is 0 Å². The van der Waals surface area contributed by atoms with E-state index in [1.807, 2.05) is 6.07 Å². The summed E-state index contributed by atoms with van der Waals surface area (Å²) in [6.07, 6.45) is 1.69. The quantitative estimate of drug-likeness (QED) is 0.831. The van der Waals surface area contributed by atoms with Gasteiger partial charge in [0.2, 0.25) is 0 Å². The average molecular weight is 265 g/mol. The molecule has 1 aromatic carbocycles. The van der Waals surface area contributed by atoms with Gasteiger partial charge in [-0.3, -0.25) is 0 Å². The number of hydrogen-bond donors (Lipinski definition) is 2. The maximum absolute atomic E-state index is 8.90. The molecule has 0 fully saturated rings. The number of benzene rings is 1. The Balaban J connectivity index is 2.82. The number of aliphatic hydroxyl groups excluding tert-OH is 1. The largest absolute Gasteiger partial charge is 0.493 e. The van der Waals surface area contributed by atoms with Crippen LogP contribution in [0.5, 0.6) is 5.75 Å². The molecule has 0 heterocycles. The molecule has 3 heteroatoms. The monoisotopic (exact) mass is 265 g/mol. The lowest BCUT2D eigenvalue weighted by Gasteiger charge is -2.24. The highest BCUT2D eigenvalue weighted by Gasteiger charge is 2.19. The third kappa shape index (κ3) is 4.84. The third-order valence-electron chi connectivity index (χ3n) is 3.24. The summed E-state index contributed by atoms with van der Waals surface area (Å²) in [5.41, 5.74) is 8.28. The van der Waals surface area contributed by atoms with Crippen LogP contribution in [0.2, 0.25) is 0 Å². The highest BCUT2D eigenvalue weighted by atomic mass is 16.5. The summed E-state index contributed by atoms with van der Waals surface area (Å²) in [5, 5.41) is 8.90. The number of rotatable bonds is 6. The number of aliphatic hydroxyl groups is 1. The molecule has 0 aliphatic heterocycles. The van der Waals surface area contributed by atoms with Crippen molar-refractivity contribution in [3.63, 3.8) is 0 Å². The molecular weight excluding hydrogens is 238 g/mol. The van der Waals surface area contributed by atoms with Gasteiger partial charge in [0.05, 0.1) is 13.2 Å². The highest BCUT2D eigenvalue weighted by Crippen LogP contribution is 2.32. The van der Waals surface area contributed by atoms with Crippen molar-refractivity contribution in [3.8, 4) is 5.75 Å². The normalized spacial score (nSPS) is 13.4. The molecule has 3 nitrogen and oxygen atoms in total. The fourth-order valence-electron chi connectivity index (χ4n) is 1.92. The van der Waals surface area contributed by atoms with E-state index in [1.165, 1.54) is 11.1 Å². The highest BCUT2D eigenvalue weighted by molar-refractivity contribution is 5.41.